The molecule has 2 N–H and O–H groups in total. The molecule has 0 aliphatic heterocycles. The van der Waals surface area contributed by atoms with Gasteiger partial charge in [0.2, 0.25) is 0 Å². The van der Waals surface area contributed by atoms with Crippen molar-refractivity contribution < 1.29 is 9.18 Å². The van der Waals surface area contributed by atoms with Crippen LogP contribution >= 0.6 is 0 Å². The van der Waals surface area contributed by atoms with Crippen LogP contribution in [-0.2, 0) is 13.0 Å². The molecule has 5 nitrogen and oxygen atoms in total. The second-order valence-corrected chi connectivity index (χ2v) is 6.35. The Morgan fingerprint density at radius 1 is 1.04 bits per heavy atom. The first kappa shape index (κ1) is 18.6. The zero-order valence-corrected chi connectivity index (χ0v) is 15.5. The number of nitrogens with one attached hydrogen (secondary N) is 2. The van der Waals surface area contributed by atoms with E-state index >= 15 is 0 Å². The van der Waals surface area contributed by atoms with Crippen LogP contribution in [0.4, 0.5) is 9.18 Å². The summed E-state index contributed by atoms with van der Waals surface area (Å²) in [6.07, 6.45) is 0.449. The Hall–Kier alpha value is -3.15. The molecule has 27 heavy (non-hydrogen) atoms. The van der Waals surface area contributed by atoms with E-state index in [2.05, 4.69) is 15.7 Å². The molecule has 3 rings (SSSR count). The molecule has 1 heterocycles. The van der Waals surface area contributed by atoms with Crippen LogP contribution < -0.4 is 10.6 Å². The molecule has 0 radical (unpaired) electrons. The summed E-state index contributed by atoms with van der Waals surface area (Å²) in [5.41, 5.74) is 4.43. The number of para-hydroxylation sites is 1. The molecule has 0 spiro atoms. The molecule has 0 unspecified atom stereocenters. The molecule has 0 fully saturated rings. The second-order valence-electron chi connectivity index (χ2n) is 6.35. The Morgan fingerprint density at radius 3 is 2.48 bits per heavy atom. The fourth-order valence-electron chi connectivity index (χ4n) is 2.99. The minimum atomic E-state index is -0.280. The number of carbonyl (C=O) groups is 1. The number of nitrogens with zero attached hydrogens (tertiary/aromatic N) is 2. The molecule has 0 aliphatic carbocycles. The maximum atomic E-state index is 13.6. The van der Waals surface area contributed by atoms with Crippen LogP contribution in [0.3, 0.4) is 0 Å². The van der Waals surface area contributed by atoms with Crippen molar-refractivity contribution in [1.29, 1.82) is 0 Å². The van der Waals surface area contributed by atoms with Gasteiger partial charge in [-0.2, -0.15) is 5.10 Å². The summed E-state index contributed by atoms with van der Waals surface area (Å²) < 4.78 is 15.5. The Bertz CT molecular complexity index is 921. The first-order chi connectivity index (χ1) is 13.1. The van der Waals surface area contributed by atoms with Gasteiger partial charge in [0.25, 0.3) is 0 Å². The number of rotatable bonds is 6. The largest absolute Gasteiger partial charge is 0.338 e. The van der Waals surface area contributed by atoms with E-state index in [1.54, 1.807) is 18.2 Å². The Balaban J connectivity index is 1.55. The summed E-state index contributed by atoms with van der Waals surface area (Å²) in [6.45, 7) is 4.67. The zero-order valence-electron chi connectivity index (χ0n) is 15.5. The zero-order chi connectivity index (χ0) is 19.2. The third kappa shape index (κ3) is 4.53. The van der Waals surface area contributed by atoms with Crippen molar-refractivity contribution >= 4 is 6.03 Å². The van der Waals surface area contributed by atoms with E-state index in [4.69, 9.17) is 0 Å². The summed E-state index contributed by atoms with van der Waals surface area (Å²) in [6, 6.07) is 16.2. The van der Waals surface area contributed by atoms with Gasteiger partial charge in [0.15, 0.2) is 0 Å². The topological polar surface area (TPSA) is 59.0 Å². The van der Waals surface area contributed by atoms with Crippen LogP contribution in [0.25, 0.3) is 5.69 Å². The summed E-state index contributed by atoms with van der Waals surface area (Å²) in [4.78, 5) is 12.0. The molecule has 0 saturated heterocycles. The molecule has 1 aromatic heterocycles. The molecule has 3 aromatic rings. The molecule has 0 bridgehead atoms. The van der Waals surface area contributed by atoms with Gasteiger partial charge >= 0.3 is 6.03 Å². The Kier molecular flexibility index (Phi) is 5.86. The third-order valence-electron chi connectivity index (χ3n) is 4.51. The maximum Gasteiger partial charge on any atom is 0.315 e. The van der Waals surface area contributed by atoms with Crippen molar-refractivity contribution in [1.82, 2.24) is 20.4 Å². The van der Waals surface area contributed by atoms with Crippen molar-refractivity contribution in [2.45, 2.75) is 26.8 Å². The highest BCUT2D eigenvalue weighted by Gasteiger charge is 2.13. The molecular weight excluding hydrogens is 343 g/mol. The van der Waals surface area contributed by atoms with Crippen LogP contribution in [0, 0.1) is 19.7 Å². The molecule has 2 aromatic carbocycles. The molecule has 6 heteroatoms. The number of aryl methyl sites for hydroxylation is 1. The van der Waals surface area contributed by atoms with E-state index < -0.39 is 0 Å². The number of amides is 2. The summed E-state index contributed by atoms with van der Waals surface area (Å²) in [5, 5.41) is 10.2. The number of urea groups is 1. The smallest absolute Gasteiger partial charge is 0.315 e. The first-order valence-electron chi connectivity index (χ1n) is 8.92. The van der Waals surface area contributed by atoms with E-state index in [1.165, 1.54) is 6.07 Å². The third-order valence-corrected chi connectivity index (χ3v) is 4.51. The van der Waals surface area contributed by atoms with Gasteiger partial charge in [-0.25, -0.2) is 13.9 Å². The normalized spacial score (nSPS) is 10.6. The SMILES string of the molecule is Cc1nn(-c2ccccc2)c(C)c1CNC(=O)NCCc1ccccc1F. The number of aromatic nitrogens is 2. The van der Waals surface area contributed by atoms with Gasteiger partial charge in [-0.1, -0.05) is 36.4 Å². The van der Waals surface area contributed by atoms with Gasteiger partial charge in [-0.3, -0.25) is 0 Å². The predicted molar refractivity (Wildman–Crippen MR) is 103 cm³/mol. The molecule has 0 atom stereocenters. The van der Waals surface area contributed by atoms with E-state index in [1.807, 2.05) is 48.9 Å². The minimum Gasteiger partial charge on any atom is -0.338 e. The van der Waals surface area contributed by atoms with E-state index in [-0.39, 0.29) is 11.8 Å². The van der Waals surface area contributed by atoms with Crippen LogP contribution in [-0.4, -0.2) is 22.4 Å². The number of hydrogen-bond acceptors (Lipinski definition) is 2. The Labute approximate surface area is 158 Å². The van der Waals surface area contributed by atoms with Crippen molar-refractivity contribution in [3.05, 3.63) is 82.9 Å². The highest BCUT2D eigenvalue weighted by atomic mass is 19.1. The van der Waals surface area contributed by atoms with E-state index in [9.17, 15) is 9.18 Å². The Morgan fingerprint density at radius 2 is 1.74 bits per heavy atom. The number of hydrogen-bond donors (Lipinski definition) is 2. The highest BCUT2D eigenvalue weighted by molar-refractivity contribution is 5.73. The monoisotopic (exact) mass is 366 g/mol. The molecule has 2 amide bonds. The van der Waals surface area contributed by atoms with Gasteiger partial charge < -0.3 is 10.6 Å². The maximum absolute atomic E-state index is 13.6. The van der Waals surface area contributed by atoms with Gasteiger partial charge in [-0.15, -0.1) is 0 Å². The number of carbonyl (C=O) groups excluding carboxylic acids is 1. The van der Waals surface area contributed by atoms with Gasteiger partial charge in [-0.05, 0) is 44.0 Å². The van der Waals surface area contributed by atoms with Crippen LogP contribution in [0.1, 0.15) is 22.5 Å². The standard InChI is InChI=1S/C21H23FN4O/c1-15-19(16(2)26(25-15)18-9-4-3-5-10-18)14-24-21(27)23-13-12-17-8-6-7-11-20(17)22/h3-11H,12-14H2,1-2H3,(H2,23,24,27). The van der Waals surface area contributed by atoms with Crippen molar-refractivity contribution in [2.75, 3.05) is 6.54 Å². The minimum absolute atomic E-state index is 0.251. The molecule has 0 saturated carbocycles. The van der Waals surface area contributed by atoms with Gasteiger partial charge in [0.1, 0.15) is 5.82 Å². The lowest BCUT2D eigenvalue weighted by Gasteiger charge is -2.09. The van der Waals surface area contributed by atoms with Crippen molar-refractivity contribution in [3.8, 4) is 5.69 Å². The predicted octanol–water partition coefficient (Wildman–Crippen LogP) is 3.67. The average Bonchev–Trinajstić information content (AvgIpc) is 2.96. The molecule has 140 valence electrons. The van der Waals surface area contributed by atoms with E-state index in [0.29, 0.717) is 25.1 Å². The van der Waals surface area contributed by atoms with Crippen molar-refractivity contribution in [3.63, 3.8) is 0 Å². The van der Waals surface area contributed by atoms with Crippen LogP contribution in [0.15, 0.2) is 54.6 Å². The van der Waals surface area contributed by atoms with Crippen LogP contribution in [0.5, 0.6) is 0 Å². The fraction of sp³-hybridized carbons (Fsp3) is 0.238. The average molecular weight is 366 g/mol. The molecular formula is C21H23FN4O. The summed E-state index contributed by atoms with van der Waals surface area (Å²) >= 11 is 0. The van der Waals surface area contributed by atoms with Gasteiger partial charge in [0, 0.05) is 24.3 Å². The summed E-state index contributed by atoms with van der Waals surface area (Å²) in [5.74, 6) is -0.251. The van der Waals surface area contributed by atoms with Crippen molar-refractivity contribution in [2.24, 2.45) is 0 Å². The highest BCUT2D eigenvalue weighted by Crippen LogP contribution is 2.17. The van der Waals surface area contributed by atoms with Gasteiger partial charge in [0.05, 0.1) is 11.4 Å². The number of halogens is 1. The quantitative estimate of drug-likeness (QED) is 0.699. The molecule has 0 aliphatic rings. The fourth-order valence-corrected chi connectivity index (χ4v) is 2.99. The first-order valence-corrected chi connectivity index (χ1v) is 8.92. The summed E-state index contributed by atoms with van der Waals surface area (Å²) in [7, 11) is 0. The lowest BCUT2D eigenvalue weighted by Crippen LogP contribution is -2.36. The number of benzene rings is 2. The van der Waals surface area contributed by atoms with E-state index in [0.717, 1.165) is 22.6 Å². The second kappa shape index (κ2) is 8.49. The van der Waals surface area contributed by atoms with Crippen LogP contribution in [0.2, 0.25) is 0 Å². The lowest BCUT2D eigenvalue weighted by molar-refractivity contribution is 0.240. The lowest BCUT2D eigenvalue weighted by atomic mass is 10.1.